The lowest BCUT2D eigenvalue weighted by atomic mass is 10.1. The Balaban J connectivity index is 1.73. The molecule has 0 saturated carbocycles. The minimum absolute atomic E-state index is 0.289. The van der Waals surface area contributed by atoms with Crippen LogP contribution in [0.25, 0.3) is 10.9 Å². The third-order valence-corrected chi connectivity index (χ3v) is 7.12. The Bertz CT molecular complexity index is 1080. The largest absolute Gasteiger partial charge is 0.439 e. The zero-order chi connectivity index (χ0) is 20.6. The Labute approximate surface area is 170 Å². The van der Waals surface area contributed by atoms with Gasteiger partial charge in [0.25, 0.3) is 0 Å². The number of benzene rings is 2. The van der Waals surface area contributed by atoms with Crippen molar-refractivity contribution in [3.05, 3.63) is 71.2 Å². The zero-order valence-corrected chi connectivity index (χ0v) is 17.9. The number of hydrogen-bond acceptors (Lipinski definition) is 4. The fourth-order valence-electron chi connectivity index (χ4n) is 3.71. The molecule has 7 heteroatoms. The van der Waals surface area contributed by atoms with E-state index in [4.69, 9.17) is 9.05 Å². The lowest BCUT2D eigenvalue weighted by molar-refractivity contribution is 0.0769. The summed E-state index contributed by atoms with van der Waals surface area (Å²) in [7, 11) is 0.453. The van der Waals surface area contributed by atoms with Crippen molar-refractivity contribution in [2.75, 3.05) is 27.2 Å². The van der Waals surface area contributed by atoms with Crippen LogP contribution in [0.5, 0.6) is 0 Å². The first kappa shape index (κ1) is 20.3. The van der Waals surface area contributed by atoms with Crippen LogP contribution in [0.2, 0.25) is 0 Å². The van der Waals surface area contributed by atoms with E-state index in [1.807, 2.05) is 39.3 Å². The topological polar surface area (TPSA) is 43.7 Å². The molecular formula is C22H26FN2O3P. The van der Waals surface area contributed by atoms with E-state index in [2.05, 4.69) is 11.0 Å². The number of rotatable bonds is 5. The van der Waals surface area contributed by atoms with Crippen LogP contribution in [-0.4, -0.2) is 36.5 Å². The van der Waals surface area contributed by atoms with E-state index < -0.39 is 13.9 Å². The molecule has 2 atom stereocenters. The quantitative estimate of drug-likeness (QED) is 0.528. The van der Waals surface area contributed by atoms with Crippen LogP contribution in [0, 0.1) is 12.7 Å². The number of aryl methyl sites for hydroxylation is 1. The van der Waals surface area contributed by atoms with E-state index in [-0.39, 0.29) is 12.4 Å². The van der Waals surface area contributed by atoms with Crippen LogP contribution in [-0.2, 0) is 20.0 Å². The van der Waals surface area contributed by atoms with Crippen molar-refractivity contribution in [2.24, 2.45) is 0 Å². The van der Waals surface area contributed by atoms with E-state index in [0.717, 1.165) is 35.0 Å². The molecule has 2 unspecified atom stereocenters. The number of likely N-dealkylation sites (N-methyl/N-ethyl adjacent to an activating group) is 1. The van der Waals surface area contributed by atoms with Gasteiger partial charge in [0.15, 0.2) is 0 Å². The normalized spacial score (nSPS) is 22.4. The Morgan fingerprint density at radius 3 is 2.83 bits per heavy atom. The van der Waals surface area contributed by atoms with Crippen molar-refractivity contribution < 1.29 is 18.0 Å². The van der Waals surface area contributed by atoms with Gasteiger partial charge in [-0.15, -0.1) is 0 Å². The standard InChI is InChI=1S/C22H26FN2O3P/c1-16-7-8-21-20(13-16)18(9-11-24(2)3)15-25(21)29(26)27-12-10-22(28-29)17-5-4-6-19(23)14-17/h4-8,13-15,22H,9-12H2,1-3H3. The second kappa shape index (κ2) is 8.04. The number of aromatic nitrogens is 1. The van der Waals surface area contributed by atoms with Gasteiger partial charge in [-0.2, -0.15) is 0 Å². The van der Waals surface area contributed by atoms with Gasteiger partial charge in [0, 0.05) is 24.5 Å². The predicted octanol–water partition coefficient (Wildman–Crippen LogP) is 5.33. The first-order valence-electron chi connectivity index (χ1n) is 9.80. The summed E-state index contributed by atoms with van der Waals surface area (Å²) < 4.78 is 40.8. The third-order valence-electron chi connectivity index (χ3n) is 5.23. The average Bonchev–Trinajstić information content (AvgIpc) is 3.05. The Kier molecular flexibility index (Phi) is 5.63. The minimum Gasteiger partial charge on any atom is -0.309 e. The summed E-state index contributed by atoms with van der Waals surface area (Å²) >= 11 is 0. The molecule has 1 fully saturated rings. The molecule has 0 aliphatic carbocycles. The second-order valence-electron chi connectivity index (χ2n) is 7.81. The van der Waals surface area contributed by atoms with Crippen molar-refractivity contribution in [1.29, 1.82) is 0 Å². The molecule has 0 radical (unpaired) electrons. The van der Waals surface area contributed by atoms with Gasteiger partial charge in [-0.05, 0) is 62.8 Å². The Morgan fingerprint density at radius 2 is 2.07 bits per heavy atom. The smallest absolute Gasteiger partial charge is 0.309 e. The molecule has 154 valence electrons. The fraction of sp³-hybridized carbons (Fsp3) is 0.364. The highest BCUT2D eigenvalue weighted by Crippen LogP contribution is 2.58. The molecule has 0 spiro atoms. The van der Waals surface area contributed by atoms with Gasteiger partial charge in [0.1, 0.15) is 5.82 Å². The monoisotopic (exact) mass is 416 g/mol. The second-order valence-corrected chi connectivity index (χ2v) is 9.65. The fourth-order valence-corrected chi connectivity index (χ4v) is 5.60. The van der Waals surface area contributed by atoms with Crippen molar-refractivity contribution in [2.45, 2.75) is 25.9 Å². The summed E-state index contributed by atoms with van der Waals surface area (Å²) in [5, 5.41) is 1.06. The molecule has 1 aliphatic heterocycles. The van der Waals surface area contributed by atoms with Crippen LogP contribution in [0.15, 0.2) is 48.7 Å². The Morgan fingerprint density at radius 1 is 1.24 bits per heavy atom. The van der Waals surface area contributed by atoms with Crippen molar-refractivity contribution in [1.82, 2.24) is 9.24 Å². The highest BCUT2D eigenvalue weighted by atomic mass is 31.2. The lowest BCUT2D eigenvalue weighted by Gasteiger charge is -2.30. The molecule has 5 nitrogen and oxygen atoms in total. The molecular weight excluding hydrogens is 390 g/mol. The van der Waals surface area contributed by atoms with E-state index in [1.54, 1.807) is 16.5 Å². The average molecular weight is 416 g/mol. The first-order chi connectivity index (χ1) is 13.9. The zero-order valence-electron chi connectivity index (χ0n) is 17.0. The molecule has 1 aliphatic rings. The van der Waals surface area contributed by atoms with Crippen molar-refractivity contribution in [3.8, 4) is 0 Å². The molecule has 4 rings (SSSR count). The molecule has 0 amide bonds. The Hall–Kier alpha value is -1.98. The van der Waals surface area contributed by atoms with E-state index in [0.29, 0.717) is 12.0 Å². The third kappa shape index (κ3) is 4.17. The van der Waals surface area contributed by atoms with E-state index >= 15 is 0 Å². The van der Waals surface area contributed by atoms with Gasteiger partial charge in [-0.3, -0.25) is 13.4 Å². The number of nitrogens with zero attached hydrogens (tertiary/aromatic N) is 2. The summed E-state index contributed by atoms with van der Waals surface area (Å²) in [6.07, 6.45) is 2.77. The van der Waals surface area contributed by atoms with Gasteiger partial charge < -0.3 is 4.90 Å². The molecule has 1 aromatic heterocycles. The summed E-state index contributed by atoms with van der Waals surface area (Å²) in [5.74, 6) is -0.333. The molecule has 2 aromatic carbocycles. The highest BCUT2D eigenvalue weighted by Gasteiger charge is 2.37. The maximum Gasteiger partial charge on any atom is 0.439 e. The highest BCUT2D eigenvalue weighted by molar-refractivity contribution is 7.52. The number of fused-ring (bicyclic) bond motifs is 1. The molecule has 0 N–H and O–H groups in total. The summed E-state index contributed by atoms with van der Waals surface area (Å²) in [6.45, 7) is 3.21. The van der Waals surface area contributed by atoms with Gasteiger partial charge >= 0.3 is 7.75 Å². The molecule has 2 heterocycles. The van der Waals surface area contributed by atoms with Gasteiger partial charge in [0.2, 0.25) is 0 Å². The van der Waals surface area contributed by atoms with E-state index in [9.17, 15) is 8.96 Å². The predicted molar refractivity (Wildman–Crippen MR) is 113 cm³/mol. The SMILES string of the molecule is Cc1ccc2c(c1)c(CCN(C)C)cn2P1(=O)OCCC(c2cccc(F)c2)O1. The minimum atomic E-state index is -3.61. The summed E-state index contributed by atoms with van der Waals surface area (Å²) in [5.41, 5.74) is 3.75. The first-order valence-corrected chi connectivity index (χ1v) is 11.3. The lowest BCUT2D eigenvalue weighted by Crippen LogP contribution is -2.17. The van der Waals surface area contributed by atoms with Crippen molar-refractivity contribution in [3.63, 3.8) is 0 Å². The van der Waals surface area contributed by atoms with E-state index in [1.165, 1.54) is 12.1 Å². The maximum absolute atomic E-state index is 13.8. The summed E-state index contributed by atoms with van der Waals surface area (Å²) in [6, 6.07) is 12.3. The van der Waals surface area contributed by atoms with Gasteiger partial charge in [-0.1, -0.05) is 23.8 Å². The molecule has 29 heavy (non-hydrogen) atoms. The van der Waals surface area contributed by atoms with Gasteiger partial charge in [-0.25, -0.2) is 8.96 Å². The summed E-state index contributed by atoms with van der Waals surface area (Å²) in [4.78, 5) is 2.12. The van der Waals surface area contributed by atoms with Crippen molar-refractivity contribution >= 4 is 18.6 Å². The molecule has 0 bridgehead atoms. The molecule has 3 aromatic rings. The molecule has 1 saturated heterocycles. The van der Waals surface area contributed by atoms with Crippen LogP contribution in [0.4, 0.5) is 4.39 Å². The van der Waals surface area contributed by atoms with Gasteiger partial charge in [0.05, 0.1) is 18.2 Å². The van der Waals surface area contributed by atoms with Crippen LogP contribution >= 0.6 is 7.75 Å². The maximum atomic E-state index is 13.8. The van der Waals surface area contributed by atoms with Crippen LogP contribution in [0.1, 0.15) is 29.2 Å². The number of hydrogen-bond donors (Lipinski definition) is 0. The van der Waals surface area contributed by atoms with Crippen LogP contribution in [0.3, 0.4) is 0 Å². The van der Waals surface area contributed by atoms with Crippen LogP contribution < -0.4 is 0 Å². The number of halogens is 1.